The number of hydrogen-bond acceptors (Lipinski definition) is 3. The number of halogens is 1. The van der Waals surface area contributed by atoms with Gasteiger partial charge in [0.1, 0.15) is 12.4 Å². The molecule has 3 rings (SSSR count). The monoisotopic (exact) mass is 348 g/mol. The topological polar surface area (TPSA) is 82.6 Å². The summed E-state index contributed by atoms with van der Waals surface area (Å²) in [5.74, 6) is -1.67. The summed E-state index contributed by atoms with van der Waals surface area (Å²) in [5.41, 5.74) is 2.26. The molecule has 1 aliphatic heterocycles. The Labute approximate surface area is 144 Å². The summed E-state index contributed by atoms with van der Waals surface area (Å²) in [6.45, 7) is 2.53. The van der Waals surface area contributed by atoms with Gasteiger partial charge in [-0.2, -0.15) is 0 Å². The van der Waals surface area contributed by atoms with Crippen LogP contribution in [0.3, 0.4) is 0 Å². The van der Waals surface area contributed by atoms with Crippen LogP contribution in [0.25, 0.3) is 10.9 Å². The molecular formula is C18H21FN2O4. The van der Waals surface area contributed by atoms with Crippen LogP contribution in [-0.2, 0) is 20.7 Å². The van der Waals surface area contributed by atoms with Gasteiger partial charge in [0.15, 0.2) is 0 Å². The molecule has 0 spiro atoms. The minimum absolute atomic E-state index is 0.0416. The number of carbonyl (C=O) groups is 2. The van der Waals surface area contributed by atoms with Crippen LogP contribution in [0.5, 0.6) is 0 Å². The Morgan fingerprint density at radius 3 is 2.76 bits per heavy atom. The third-order valence-electron chi connectivity index (χ3n) is 4.67. The predicted octanol–water partition coefficient (Wildman–Crippen LogP) is 2.25. The number of carbonyl (C=O) groups excluding carboxylic acids is 1. The minimum atomic E-state index is -1.04. The maximum absolute atomic E-state index is 13.6. The van der Waals surface area contributed by atoms with Crippen molar-refractivity contribution in [1.82, 2.24) is 9.88 Å². The van der Waals surface area contributed by atoms with E-state index in [1.54, 1.807) is 6.07 Å². The van der Waals surface area contributed by atoms with Crippen LogP contribution in [-0.4, -0.2) is 52.7 Å². The molecular weight excluding hydrogens is 327 g/mol. The van der Waals surface area contributed by atoms with Crippen molar-refractivity contribution < 1.29 is 23.8 Å². The zero-order chi connectivity index (χ0) is 18.0. The first-order valence-corrected chi connectivity index (χ1v) is 8.31. The number of fused-ring (bicyclic) bond motifs is 1. The van der Waals surface area contributed by atoms with Crippen LogP contribution in [0.15, 0.2) is 18.2 Å². The van der Waals surface area contributed by atoms with Crippen LogP contribution in [0.1, 0.15) is 24.1 Å². The third-order valence-corrected chi connectivity index (χ3v) is 4.67. The molecule has 1 aromatic heterocycles. The SMILES string of the molecule is Cc1[nH]c2ccc(F)cc2c1CC(=O)N(CC(=O)O)C1CCOCC1. The number of carboxylic acids is 1. The molecule has 0 bridgehead atoms. The second-order valence-electron chi connectivity index (χ2n) is 6.35. The van der Waals surface area contributed by atoms with Gasteiger partial charge in [0.25, 0.3) is 0 Å². The van der Waals surface area contributed by atoms with Crippen LogP contribution >= 0.6 is 0 Å². The van der Waals surface area contributed by atoms with Gasteiger partial charge < -0.3 is 19.7 Å². The summed E-state index contributed by atoms with van der Waals surface area (Å²) < 4.78 is 18.9. The van der Waals surface area contributed by atoms with Gasteiger partial charge in [-0.25, -0.2) is 4.39 Å². The van der Waals surface area contributed by atoms with E-state index >= 15 is 0 Å². The van der Waals surface area contributed by atoms with Gasteiger partial charge in [-0.3, -0.25) is 9.59 Å². The molecule has 2 heterocycles. The Hall–Kier alpha value is -2.41. The highest BCUT2D eigenvalue weighted by atomic mass is 19.1. The first-order valence-electron chi connectivity index (χ1n) is 8.31. The number of nitrogens with one attached hydrogen (secondary N) is 1. The van der Waals surface area contributed by atoms with Crippen molar-refractivity contribution in [3.8, 4) is 0 Å². The van der Waals surface area contributed by atoms with Crippen molar-refractivity contribution in [1.29, 1.82) is 0 Å². The van der Waals surface area contributed by atoms with Gasteiger partial charge in [0.2, 0.25) is 5.91 Å². The van der Waals surface area contributed by atoms with Crippen molar-refractivity contribution in [3.05, 3.63) is 35.3 Å². The molecule has 1 saturated heterocycles. The lowest BCUT2D eigenvalue weighted by atomic mass is 10.0. The van der Waals surface area contributed by atoms with Gasteiger partial charge in [-0.05, 0) is 43.5 Å². The fourth-order valence-corrected chi connectivity index (χ4v) is 3.40. The lowest BCUT2D eigenvalue weighted by Gasteiger charge is -2.33. The highest BCUT2D eigenvalue weighted by molar-refractivity contribution is 5.91. The number of aromatic amines is 1. The average Bonchev–Trinajstić information content (AvgIpc) is 2.88. The summed E-state index contributed by atoms with van der Waals surface area (Å²) in [6, 6.07) is 4.26. The van der Waals surface area contributed by atoms with E-state index in [9.17, 15) is 19.1 Å². The standard InChI is InChI=1S/C18H21FN2O4/c1-11-14(15-8-12(19)2-3-16(15)20-11)9-17(22)21(10-18(23)24)13-4-6-25-7-5-13/h2-3,8,13,20H,4-7,9-10H2,1H3,(H,23,24). The second kappa shape index (κ2) is 7.23. The molecule has 1 amide bonds. The molecule has 1 fully saturated rings. The Balaban J connectivity index is 1.86. The number of rotatable bonds is 5. The van der Waals surface area contributed by atoms with Crippen molar-refractivity contribution in [2.24, 2.45) is 0 Å². The van der Waals surface area contributed by atoms with Crippen molar-refractivity contribution in [2.45, 2.75) is 32.2 Å². The van der Waals surface area contributed by atoms with Crippen LogP contribution < -0.4 is 0 Å². The molecule has 0 unspecified atom stereocenters. The number of H-pyrrole nitrogens is 1. The average molecular weight is 348 g/mol. The Morgan fingerprint density at radius 1 is 1.36 bits per heavy atom. The molecule has 0 atom stereocenters. The quantitative estimate of drug-likeness (QED) is 0.868. The van der Waals surface area contributed by atoms with Crippen molar-refractivity contribution in [3.63, 3.8) is 0 Å². The molecule has 0 aliphatic carbocycles. The van der Waals surface area contributed by atoms with Gasteiger partial charge in [-0.1, -0.05) is 0 Å². The number of aliphatic carboxylic acids is 1. The number of aryl methyl sites for hydroxylation is 1. The van der Waals surface area contributed by atoms with E-state index in [0.717, 1.165) is 11.2 Å². The van der Waals surface area contributed by atoms with Gasteiger partial charge in [0.05, 0.1) is 6.42 Å². The molecule has 6 nitrogen and oxygen atoms in total. The molecule has 2 N–H and O–H groups in total. The summed E-state index contributed by atoms with van der Waals surface area (Å²) in [4.78, 5) is 28.6. The lowest BCUT2D eigenvalue weighted by molar-refractivity contribution is -0.147. The predicted molar refractivity (Wildman–Crippen MR) is 89.9 cm³/mol. The Bertz CT molecular complexity index is 796. The van der Waals surface area contributed by atoms with E-state index in [4.69, 9.17) is 4.74 Å². The van der Waals surface area contributed by atoms with E-state index in [1.807, 2.05) is 6.92 Å². The van der Waals surface area contributed by atoms with Gasteiger partial charge in [0, 0.05) is 35.9 Å². The number of carboxylic acid groups (broad SMARTS) is 1. The Morgan fingerprint density at radius 2 is 2.08 bits per heavy atom. The van der Waals surface area contributed by atoms with E-state index in [1.165, 1.54) is 17.0 Å². The summed E-state index contributed by atoms with van der Waals surface area (Å²) in [7, 11) is 0. The summed E-state index contributed by atoms with van der Waals surface area (Å²) in [6.07, 6.45) is 1.29. The van der Waals surface area contributed by atoms with Crippen LogP contribution in [0.2, 0.25) is 0 Å². The van der Waals surface area contributed by atoms with Crippen LogP contribution in [0.4, 0.5) is 4.39 Å². The van der Waals surface area contributed by atoms with E-state index in [2.05, 4.69) is 4.98 Å². The lowest BCUT2D eigenvalue weighted by Crippen LogP contribution is -2.46. The van der Waals surface area contributed by atoms with E-state index < -0.39 is 5.97 Å². The molecule has 1 aliphatic rings. The Kier molecular flexibility index (Phi) is 5.03. The van der Waals surface area contributed by atoms with Gasteiger partial charge >= 0.3 is 5.97 Å². The zero-order valence-electron chi connectivity index (χ0n) is 14.0. The van der Waals surface area contributed by atoms with Gasteiger partial charge in [-0.15, -0.1) is 0 Å². The number of amides is 1. The normalized spacial score (nSPS) is 15.4. The fraction of sp³-hybridized carbons (Fsp3) is 0.444. The maximum atomic E-state index is 13.6. The molecule has 0 radical (unpaired) electrons. The number of benzene rings is 1. The highest BCUT2D eigenvalue weighted by Gasteiger charge is 2.28. The highest BCUT2D eigenvalue weighted by Crippen LogP contribution is 2.25. The fourth-order valence-electron chi connectivity index (χ4n) is 3.40. The molecule has 1 aromatic carbocycles. The minimum Gasteiger partial charge on any atom is -0.480 e. The smallest absolute Gasteiger partial charge is 0.323 e. The molecule has 7 heteroatoms. The third kappa shape index (κ3) is 3.82. The molecule has 0 saturated carbocycles. The molecule has 134 valence electrons. The molecule has 2 aromatic rings. The van der Waals surface area contributed by atoms with Crippen LogP contribution in [0, 0.1) is 12.7 Å². The zero-order valence-corrected chi connectivity index (χ0v) is 14.0. The number of ether oxygens (including phenoxy) is 1. The van der Waals surface area contributed by atoms with Crippen molar-refractivity contribution >= 4 is 22.8 Å². The number of hydrogen-bond donors (Lipinski definition) is 2. The first kappa shape index (κ1) is 17.4. The maximum Gasteiger partial charge on any atom is 0.323 e. The second-order valence-corrected chi connectivity index (χ2v) is 6.35. The summed E-state index contributed by atoms with van der Waals surface area (Å²) in [5, 5.41) is 9.83. The number of nitrogens with zero attached hydrogens (tertiary/aromatic N) is 1. The molecule has 25 heavy (non-hydrogen) atoms. The first-order chi connectivity index (χ1) is 12.0. The van der Waals surface area contributed by atoms with Crippen molar-refractivity contribution in [2.75, 3.05) is 19.8 Å². The van der Waals surface area contributed by atoms with E-state index in [0.29, 0.717) is 37.0 Å². The van der Waals surface area contributed by atoms with E-state index in [-0.39, 0.29) is 30.7 Å². The summed E-state index contributed by atoms with van der Waals surface area (Å²) >= 11 is 0. The largest absolute Gasteiger partial charge is 0.480 e. The number of aromatic nitrogens is 1.